The average molecular weight is 382 g/mol. The highest BCUT2D eigenvalue weighted by molar-refractivity contribution is 5.91. The quantitative estimate of drug-likeness (QED) is 0.545. The fourth-order valence-electron chi connectivity index (χ4n) is 9.30. The number of nitrogens with zero attached hydrogens (tertiary/aromatic N) is 1. The molecule has 4 aliphatic carbocycles. The lowest BCUT2D eigenvalue weighted by atomic mass is 9.44. The first-order chi connectivity index (χ1) is 13.3. The van der Waals surface area contributed by atoms with Gasteiger partial charge in [-0.15, -0.1) is 0 Å². The second-order valence-corrected chi connectivity index (χ2v) is 10.9. The first-order valence-electron chi connectivity index (χ1n) is 12.0. The lowest BCUT2D eigenvalue weighted by Crippen LogP contribution is -2.53. The van der Waals surface area contributed by atoms with Gasteiger partial charge in [-0.25, -0.2) is 0 Å². The van der Waals surface area contributed by atoms with Crippen LogP contribution in [0.25, 0.3) is 0 Å². The Morgan fingerprint density at radius 1 is 1.11 bits per heavy atom. The fraction of sp³-hybridized carbons (Fsp3) is 0.846. The summed E-state index contributed by atoms with van der Waals surface area (Å²) >= 11 is 0. The zero-order valence-electron chi connectivity index (χ0n) is 18.7. The second kappa shape index (κ2) is 6.72. The van der Waals surface area contributed by atoms with E-state index in [1.54, 1.807) is 0 Å². The number of nitriles is 1. The molecule has 0 amide bonds. The molecule has 0 aromatic carbocycles. The van der Waals surface area contributed by atoms with Gasteiger partial charge in [0.15, 0.2) is 5.78 Å². The largest absolute Gasteiger partial charge is 0.295 e. The Labute approximate surface area is 172 Å². The van der Waals surface area contributed by atoms with Gasteiger partial charge in [0.05, 0.1) is 11.5 Å². The summed E-state index contributed by atoms with van der Waals surface area (Å²) in [6.45, 7) is 11.9. The number of ketones is 1. The van der Waals surface area contributed by atoms with Crippen molar-refractivity contribution in [3.05, 3.63) is 11.6 Å². The van der Waals surface area contributed by atoms with Crippen LogP contribution in [-0.2, 0) is 4.79 Å². The van der Waals surface area contributed by atoms with E-state index >= 15 is 0 Å². The molecule has 28 heavy (non-hydrogen) atoms. The van der Waals surface area contributed by atoms with Crippen LogP contribution in [0.2, 0.25) is 0 Å². The molecule has 0 aliphatic heterocycles. The number of rotatable bonds is 3. The van der Waals surface area contributed by atoms with E-state index in [9.17, 15) is 10.1 Å². The minimum atomic E-state index is -0.155. The zero-order valence-corrected chi connectivity index (χ0v) is 18.7. The highest BCUT2D eigenvalue weighted by Crippen LogP contribution is 2.74. The van der Waals surface area contributed by atoms with Gasteiger partial charge in [-0.2, -0.15) is 5.26 Å². The Kier molecular flexibility index (Phi) is 4.84. The Balaban J connectivity index is 1.80. The van der Waals surface area contributed by atoms with E-state index in [0.717, 1.165) is 38.0 Å². The molecule has 0 radical (unpaired) electrons. The summed E-state index contributed by atoms with van der Waals surface area (Å²) in [5.41, 5.74) is 1.68. The maximum absolute atomic E-state index is 12.1. The number of fused-ring (bicyclic) bond motifs is 5. The molecule has 3 fully saturated rings. The summed E-state index contributed by atoms with van der Waals surface area (Å²) in [5, 5.41) is 10.5. The Hall–Kier alpha value is -1.10. The molecule has 4 aliphatic rings. The summed E-state index contributed by atoms with van der Waals surface area (Å²) in [7, 11) is 0. The van der Waals surface area contributed by atoms with Crippen molar-refractivity contribution in [1.82, 2.24) is 0 Å². The molecule has 8 atom stereocenters. The molecule has 0 saturated heterocycles. The van der Waals surface area contributed by atoms with Gasteiger partial charge < -0.3 is 0 Å². The van der Waals surface area contributed by atoms with Crippen molar-refractivity contribution in [3.8, 4) is 6.07 Å². The van der Waals surface area contributed by atoms with Crippen LogP contribution < -0.4 is 0 Å². The standard InChI is InChI=1S/C26H39NO/c1-6-19-21(7-2)26(8-3,16-27)25(5)14-12-22-20(23(19)25)10-9-17-15-18(28)11-13-24(17,22)4/h15,19-23H,6-14H2,1-5H3/t19?,20-,21?,22-,23+,24+,25+,26?/m1/s1. The molecule has 3 unspecified atom stereocenters. The Morgan fingerprint density at radius 2 is 1.86 bits per heavy atom. The van der Waals surface area contributed by atoms with E-state index in [1.165, 1.54) is 31.3 Å². The van der Waals surface area contributed by atoms with Crippen LogP contribution in [0.3, 0.4) is 0 Å². The van der Waals surface area contributed by atoms with E-state index < -0.39 is 0 Å². The Morgan fingerprint density at radius 3 is 2.46 bits per heavy atom. The summed E-state index contributed by atoms with van der Waals surface area (Å²) in [6, 6.07) is 2.94. The predicted octanol–water partition coefficient (Wildman–Crippen LogP) is 6.71. The van der Waals surface area contributed by atoms with E-state index in [2.05, 4.69) is 40.7 Å². The van der Waals surface area contributed by atoms with Crippen LogP contribution in [-0.4, -0.2) is 5.78 Å². The van der Waals surface area contributed by atoms with Crippen LogP contribution in [0, 0.1) is 57.2 Å². The van der Waals surface area contributed by atoms with Gasteiger partial charge in [-0.1, -0.05) is 53.0 Å². The number of allylic oxidation sites excluding steroid dienone is 1. The van der Waals surface area contributed by atoms with Crippen molar-refractivity contribution in [2.45, 2.75) is 92.4 Å². The maximum Gasteiger partial charge on any atom is 0.155 e. The first-order valence-corrected chi connectivity index (χ1v) is 12.0. The lowest BCUT2D eigenvalue weighted by Gasteiger charge is -2.59. The van der Waals surface area contributed by atoms with Crippen LogP contribution in [0.4, 0.5) is 0 Å². The first kappa shape index (κ1) is 20.2. The molecule has 0 spiro atoms. The SMILES string of the molecule is CCC1C(CC)C(C#N)(CC)[C@@]2(C)CC[C@@H]3[C@@H](CCC4=CC(=O)CC[C@@]43C)[C@H]12. The molecule has 154 valence electrons. The fourth-order valence-corrected chi connectivity index (χ4v) is 9.30. The van der Waals surface area contributed by atoms with Crippen molar-refractivity contribution >= 4 is 5.78 Å². The van der Waals surface area contributed by atoms with E-state index in [-0.39, 0.29) is 16.2 Å². The minimum absolute atomic E-state index is 0.154. The third-order valence-corrected chi connectivity index (χ3v) is 10.5. The molecule has 0 aromatic rings. The van der Waals surface area contributed by atoms with Gasteiger partial charge in [0, 0.05) is 6.42 Å². The summed E-state index contributed by atoms with van der Waals surface area (Å²) in [4.78, 5) is 12.1. The van der Waals surface area contributed by atoms with Crippen LogP contribution in [0.1, 0.15) is 92.4 Å². The monoisotopic (exact) mass is 381 g/mol. The zero-order chi connectivity index (χ0) is 20.3. The van der Waals surface area contributed by atoms with E-state index in [4.69, 9.17) is 0 Å². The minimum Gasteiger partial charge on any atom is -0.295 e. The molecule has 0 bridgehead atoms. The molecule has 2 nitrogen and oxygen atoms in total. The lowest BCUT2D eigenvalue weighted by molar-refractivity contribution is -0.118. The molecule has 0 aromatic heterocycles. The van der Waals surface area contributed by atoms with Crippen molar-refractivity contribution in [3.63, 3.8) is 0 Å². The van der Waals surface area contributed by atoms with Crippen molar-refractivity contribution in [1.29, 1.82) is 5.26 Å². The van der Waals surface area contributed by atoms with Gasteiger partial charge >= 0.3 is 0 Å². The van der Waals surface area contributed by atoms with Gasteiger partial charge in [-0.05, 0) is 85.0 Å². The molecular weight excluding hydrogens is 342 g/mol. The topological polar surface area (TPSA) is 40.9 Å². The predicted molar refractivity (Wildman–Crippen MR) is 113 cm³/mol. The van der Waals surface area contributed by atoms with Crippen LogP contribution in [0.5, 0.6) is 0 Å². The number of hydrogen-bond donors (Lipinski definition) is 0. The van der Waals surface area contributed by atoms with Crippen LogP contribution >= 0.6 is 0 Å². The summed E-state index contributed by atoms with van der Waals surface area (Å²) in [5.74, 6) is 3.68. The maximum atomic E-state index is 12.1. The highest BCUT2D eigenvalue weighted by atomic mass is 16.1. The van der Waals surface area contributed by atoms with Crippen molar-refractivity contribution in [2.75, 3.05) is 0 Å². The molecule has 4 rings (SSSR count). The smallest absolute Gasteiger partial charge is 0.155 e. The van der Waals surface area contributed by atoms with E-state index in [0.29, 0.717) is 29.5 Å². The molecule has 0 N–H and O–H groups in total. The third kappa shape index (κ3) is 2.28. The van der Waals surface area contributed by atoms with Gasteiger partial charge in [0.1, 0.15) is 0 Å². The summed E-state index contributed by atoms with van der Waals surface area (Å²) < 4.78 is 0. The van der Waals surface area contributed by atoms with Gasteiger partial charge in [0.2, 0.25) is 0 Å². The average Bonchev–Trinajstić information content (AvgIpc) is 2.92. The van der Waals surface area contributed by atoms with E-state index in [1.807, 2.05) is 6.08 Å². The number of carbonyl (C=O) groups is 1. The number of hydrogen-bond acceptors (Lipinski definition) is 2. The highest BCUT2D eigenvalue weighted by Gasteiger charge is 2.69. The third-order valence-electron chi connectivity index (χ3n) is 10.5. The van der Waals surface area contributed by atoms with Gasteiger partial charge in [0.25, 0.3) is 0 Å². The molecular formula is C26H39NO. The number of carbonyl (C=O) groups excluding carboxylic acids is 1. The van der Waals surface area contributed by atoms with Crippen molar-refractivity contribution < 1.29 is 4.79 Å². The van der Waals surface area contributed by atoms with Gasteiger partial charge in [-0.3, -0.25) is 4.79 Å². The normalized spacial score (nSPS) is 50.2. The molecule has 2 heteroatoms. The van der Waals surface area contributed by atoms with Crippen LogP contribution in [0.15, 0.2) is 11.6 Å². The molecule has 3 saturated carbocycles. The second-order valence-electron chi connectivity index (χ2n) is 10.9. The summed E-state index contributed by atoms with van der Waals surface area (Å²) in [6.07, 6.45) is 11.9. The van der Waals surface area contributed by atoms with Crippen molar-refractivity contribution in [2.24, 2.45) is 45.8 Å². The molecule has 0 heterocycles. The Bertz CT molecular complexity index is 731.